The molecule has 0 radical (unpaired) electrons. The zero-order valence-electron chi connectivity index (χ0n) is 12.4. The Kier molecular flexibility index (Phi) is 7.20. The lowest BCUT2D eigenvalue weighted by Crippen LogP contribution is -2.25. The van der Waals surface area contributed by atoms with E-state index in [0.717, 1.165) is 17.6 Å². The molecule has 0 heterocycles. The van der Waals surface area contributed by atoms with Gasteiger partial charge in [-0.15, -0.1) is 0 Å². The second-order valence-electron chi connectivity index (χ2n) is 5.23. The smallest absolute Gasteiger partial charge is 0.152 e. The fourth-order valence-electron chi connectivity index (χ4n) is 2.03. The number of likely N-dealkylation sites (N-methyl/N-ethyl adjacent to an activating group) is 1. The minimum atomic E-state index is -2.98. The predicted octanol–water partition coefficient (Wildman–Crippen LogP) is 3.36. The van der Waals surface area contributed by atoms with Crippen LogP contribution < -0.4 is 5.32 Å². The summed E-state index contributed by atoms with van der Waals surface area (Å²) in [5, 5.41) is 3.02. The standard InChI is InChI=1S/C15H24BrNO2S/c1-4-17-11-13(9-10-20(18,19)12(2)3)14-7-5-6-8-15(14)16/h5-8,12-13,17H,4,9-11H2,1-3H3. The zero-order chi connectivity index (χ0) is 15.2. The fraction of sp³-hybridized carbons (Fsp3) is 0.600. The van der Waals surface area contributed by atoms with Crippen LogP contribution in [0, 0.1) is 0 Å². The molecule has 3 nitrogen and oxygen atoms in total. The van der Waals surface area contributed by atoms with Crippen LogP contribution in [0.2, 0.25) is 0 Å². The van der Waals surface area contributed by atoms with Crippen molar-refractivity contribution in [1.82, 2.24) is 5.32 Å². The summed E-state index contributed by atoms with van der Waals surface area (Å²) in [5.41, 5.74) is 1.17. The van der Waals surface area contributed by atoms with Gasteiger partial charge in [-0.2, -0.15) is 0 Å². The van der Waals surface area contributed by atoms with Gasteiger partial charge in [0.15, 0.2) is 9.84 Å². The van der Waals surface area contributed by atoms with Crippen LogP contribution in [0.5, 0.6) is 0 Å². The van der Waals surface area contributed by atoms with Crippen LogP contribution in [0.4, 0.5) is 0 Å². The third-order valence-corrected chi connectivity index (χ3v) is 6.42. The Morgan fingerprint density at radius 3 is 2.45 bits per heavy atom. The van der Waals surface area contributed by atoms with Gasteiger partial charge < -0.3 is 5.32 Å². The minimum Gasteiger partial charge on any atom is -0.316 e. The van der Waals surface area contributed by atoms with Gasteiger partial charge in [0.25, 0.3) is 0 Å². The van der Waals surface area contributed by atoms with Crippen LogP contribution in [-0.2, 0) is 9.84 Å². The van der Waals surface area contributed by atoms with Crippen molar-refractivity contribution in [2.75, 3.05) is 18.8 Å². The highest BCUT2D eigenvalue weighted by Gasteiger charge is 2.21. The summed E-state index contributed by atoms with van der Waals surface area (Å²) in [7, 11) is -2.98. The Labute approximate surface area is 131 Å². The van der Waals surface area contributed by atoms with Crippen molar-refractivity contribution in [1.29, 1.82) is 0 Å². The van der Waals surface area contributed by atoms with Gasteiger partial charge in [0.05, 0.1) is 11.0 Å². The molecule has 0 aliphatic heterocycles. The number of hydrogen-bond donors (Lipinski definition) is 1. The fourth-order valence-corrected chi connectivity index (χ4v) is 3.73. The Bertz CT molecular complexity index is 514. The van der Waals surface area contributed by atoms with Crippen molar-refractivity contribution in [3.8, 4) is 0 Å². The van der Waals surface area contributed by atoms with Gasteiger partial charge in [0.2, 0.25) is 0 Å². The summed E-state index contributed by atoms with van der Waals surface area (Å²) in [5.74, 6) is 0.446. The van der Waals surface area contributed by atoms with E-state index in [0.29, 0.717) is 6.42 Å². The first-order valence-corrected chi connectivity index (χ1v) is 9.56. The Morgan fingerprint density at radius 2 is 1.90 bits per heavy atom. The third-order valence-electron chi connectivity index (χ3n) is 3.45. The predicted molar refractivity (Wildman–Crippen MR) is 89.0 cm³/mol. The quantitative estimate of drug-likeness (QED) is 0.771. The van der Waals surface area contributed by atoms with Crippen molar-refractivity contribution in [3.05, 3.63) is 34.3 Å². The highest BCUT2D eigenvalue weighted by atomic mass is 79.9. The molecule has 1 aromatic rings. The molecular weight excluding hydrogens is 338 g/mol. The summed E-state index contributed by atoms with van der Waals surface area (Å²) < 4.78 is 25.0. The molecule has 0 aliphatic carbocycles. The number of sulfone groups is 1. The van der Waals surface area contributed by atoms with E-state index < -0.39 is 9.84 Å². The lowest BCUT2D eigenvalue weighted by Gasteiger charge is -2.20. The average Bonchev–Trinajstić information content (AvgIpc) is 2.40. The maximum Gasteiger partial charge on any atom is 0.152 e. The highest BCUT2D eigenvalue weighted by Crippen LogP contribution is 2.27. The zero-order valence-corrected chi connectivity index (χ0v) is 14.8. The van der Waals surface area contributed by atoms with E-state index in [-0.39, 0.29) is 16.9 Å². The first kappa shape index (κ1) is 17.7. The normalized spacial score (nSPS) is 13.7. The maximum absolute atomic E-state index is 12.0. The van der Waals surface area contributed by atoms with E-state index >= 15 is 0 Å². The van der Waals surface area contributed by atoms with Crippen molar-refractivity contribution >= 4 is 25.8 Å². The minimum absolute atomic E-state index is 0.207. The van der Waals surface area contributed by atoms with Gasteiger partial charge in [0.1, 0.15) is 0 Å². The molecule has 5 heteroatoms. The van der Waals surface area contributed by atoms with Crippen LogP contribution in [-0.4, -0.2) is 32.5 Å². The number of rotatable bonds is 8. The van der Waals surface area contributed by atoms with Crippen LogP contribution in [0.1, 0.15) is 38.7 Å². The second kappa shape index (κ2) is 8.15. The van der Waals surface area contributed by atoms with E-state index in [1.165, 1.54) is 5.56 Å². The van der Waals surface area contributed by atoms with E-state index in [1.54, 1.807) is 13.8 Å². The molecule has 20 heavy (non-hydrogen) atoms. The summed E-state index contributed by atoms with van der Waals surface area (Å²) >= 11 is 3.56. The van der Waals surface area contributed by atoms with Crippen LogP contribution in [0.3, 0.4) is 0 Å². The molecule has 1 rings (SSSR count). The number of nitrogens with one attached hydrogen (secondary N) is 1. The molecule has 1 aromatic carbocycles. The summed E-state index contributed by atoms with van der Waals surface area (Å²) in [6, 6.07) is 8.04. The van der Waals surface area contributed by atoms with Crippen molar-refractivity contribution in [3.63, 3.8) is 0 Å². The van der Waals surface area contributed by atoms with Gasteiger partial charge in [-0.3, -0.25) is 0 Å². The topological polar surface area (TPSA) is 46.2 Å². The number of hydrogen-bond acceptors (Lipinski definition) is 3. The van der Waals surface area contributed by atoms with Gasteiger partial charge in [-0.1, -0.05) is 41.1 Å². The van der Waals surface area contributed by atoms with Crippen molar-refractivity contribution in [2.45, 2.75) is 38.4 Å². The van der Waals surface area contributed by atoms with E-state index in [4.69, 9.17) is 0 Å². The first-order chi connectivity index (χ1) is 9.38. The number of halogens is 1. The molecule has 0 aliphatic rings. The average molecular weight is 362 g/mol. The summed E-state index contributed by atoms with van der Waals surface area (Å²) in [6.45, 7) is 7.23. The molecule has 0 saturated heterocycles. The molecule has 0 spiro atoms. The monoisotopic (exact) mass is 361 g/mol. The van der Waals surface area contributed by atoms with E-state index in [9.17, 15) is 8.42 Å². The van der Waals surface area contributed by atoms with Gasteiger partial charge in [0, 0.05) is 11.0 Å². The molecule has 1 atom stereocenters. The molecule has 1 unspecified atom stereocenters. The first-order valence-electron chi connectivity index (χ1n) is 7.05. The highest BCUT2D eigenvalue weighted by molar-refractivity contribution is 9.10. The van der Waals surface area contributed by atoms with Crippen molar-refractivity contribution < 1.29 is 8.42 Å². The Balaban J connectivity index is 2.83. The van der Waals surface area contributed by atoms with Crippen LogP contribution in [0.25, 0.3) is 0 Å². The second-order valence-corrected chi connectivity index (χ2v) is 8.76. The van der Waals surface area contributed by atoms with Crippen molar-refractivity contribution in [2.24, 2.45) is 0 Å². The van der Waals surface area contributed by atoms with E-state index in [2.05, 4.69) is 34.2 Å². The lowest BCUT2D eigenvalue weighted by atomic mass is 9.96. The molecule has 1 N–H and O–H groups in total. The molecule has 114 valence electrons. The molecule has 0 bridgehead atoms. The molecular formula is C15H24BrNO2S. The van der Waals surface area contributed by atoms with Gasteiger partial charge in [-0.05, 0) is 44.4 Å². The lowest BCUT2D eigenvalue weighted by molar-refractivity contribution is 0.558. The Morgan fingerprint density at radius 1 is 1.25 bits per heavy atom. The summed E-state index contributed by atoms with van der Waals surface area (Å²) in [4.78, 5) is 0. The molecule has 0 amide bonds. The SMILES string of the molecule is CCNCC(CCS(=O)(=O)C(C)C)c1ccccc1Br. The third kappa shape index (κ3) is 5.19. The number of benzene rings is 1. The van der Waals surface area contributed by atoms with Gasteiger partial charge in [-0.25, -0.2) is 8.42 Å². The molecule has 0 fully saturated rings. The van der Waals surface area contributed by atoms with Crippen LogP contribution in [0.15, 0.2) is 28.7 Å². The van der Waals surface area contributed by atoms with E-state index in [1.807, 2.05) is 18.2 Å². The molecule has 0 aromatic heterocycles. The molecule has 0 saturated carbocycles. The maximum atomic E-state index is 12.0. The Hall–Kier alpha value is -0.390. The van der Waals surface area contributed by atoms with Crippen LogP contribution >= 0.6 is 15.9 Å². The largest absolute Gasteiger partial charge is 0.316 e. The summed E-state index contributed by atoms with van der Waals surface area (Å²) in [6.07, 6.45) is 0.649. The van der Waals surface area contributed by atoms with Gasteiger partial charge >= 0.3 is 0 Å².